The lowest BCUT2D eigenvalue weighted by atomic mass is 9.95. The Morgan fingerprint density at radius 3 is 2.29 bits per heavy atom. The number of benzene rings is 2. The van der Waals surface area contributed by atoms with E-state index in [1.54, 1.807) is 6.07 Å². The Kier molecular flexibility index (Phi) is 4.88. The lowest BCUT2D eigenvalue weighted by Gasteiger charge is -2.20. The van der Waals surface area contributed by atoms with Gasteiger partial charge in [-0.15, -0.1) is 0 Å². The van der Waals surface area contributed by atoms with Crippen molar-refractivity contribution in [2.75, 3.05) is 0 Å². The number of rotatable bonds is 2. The van der Waals surface area contributed by atoms with E-state index in [0.29, 0.717) is 15.1 Å². The van der Waals surface area contributed by atoms with Gasteiger partial charge in [-0.3, -0.25) is 0 Å². The molecule has 112 valence electrons. The van der Waals surface area contributed by atoms with Crippen molar-refractivity contribution in [2.45, 2.75) is 12.2 Å². The average molecular weight is 399 g/mol. The Bertz CT molecular complexity index is 674. The molecule has 2 aromatic carbocycles. The fraction of sp³-hybridized carbons (Fsp3) is 0.143. The molecule has 0 aliphatic carbocycles. The molecule has 7 heteroatoms. The van der Waals surface area contributed by atoms with Gasteiger partial charge in [-0.25, -0.2) is 0 Å². The van der Waals surface area contributed by atoms with E-state index < -0.39 is 17.8 Å². The van der Waals surface area contributed by atoms with Gasteiger partial charge in [-0.05, 0) is 41.5 Å². The molecule has 2 N–H and O–H groups in total. The summed E-state index contributed by atoms with van der Waals surface area (Å²) in [5, 5.41) is 0.624. The summed E-state index contributed by atoms with van der Waals surface area (Å²) in [6, 6.07) is 7.32. The van der Waals surface area contributed by atoms with Crippen LogP contribution in [0.25, 0.3) is 0 Å². The highest BCUT2D eigenvalue weighted by atomic mass is 79.9. The van der Waals surface area contributed by atoms with E-state index in [1.165, 1.54) is 24.3 Å². The van der Waals surface area contributed by atoms with Gasteiger partial charge in [0.25, 0.3) is 0 Å². The highest BCUT2D eigenvalue weighted by Gasteiger charge is 2.35. The molecule has 2 rings (SSSR count). The van der Waals surface area contributed by atoms with Gasteiger partial charge in [0, 0.05) is 14.5 Å². The van der Waals surface area contributed by atoms with Gasteiger partial charge < -0.3 is 5.73 Å². The number of halogens is 6. The quantitative estimate of drug-likeness (QED) is 0.677. The molecule has 0 spiro atoms. The highest BCUT2D eigenvalue weighted by molar-refractivity contribution is 9.10. The standard InChI is InChI=1S/C14H9BrCl2F3N/c15-7-1-3-9(11(5-7)14(18,19)20)13(21)10-6-8(16)2-4-12(10)17/h1-6,13H,21H2. The van der Waals surface area contributed by atoms with Crippen molar-refractivity contribution in [2.24, 2.45) is 5.73 Å². The zero-order valence-corrected chi connectivity index (χ0v) is 13.5. The van der Waals surface area contributed by atoms with Crippen LogP contribution in [0.15, 0.2) is 40.9 Å². The van der Waals surface area contributed by atoms with Crippen molar-refractivity contribution in [3.05, 3.63) is 67.6 Å². The zero-order valence-electron chi connectivity index (χ0n) is 10.4. The van der Waals surface area contributed by atoms with E-state index in [-0.39, 0.29) is 10.6 Å². The number of alkyl halides is 3. The van der Waals surface area contributed by atoms with Gasteiger partial charge in [0.05, 0.1) is 11.6 Å². The summed E-state index contributed by atoms with van der Waals surface area (Å²) in [6.45, 7) is 0. The van der Waals surface area contributed by atoms with Crippen molar-refractivity contribution in [1.82, 2.24) is 0 Å². The van der Waals surface area contributed by atoms with Crippen LogP contribution in [0, 0.1) is 0 Å². The van der Waals surface area contributed by atoms with Crippen molar-refractivity contribution in [3.8, 4) is 0 Å². The minimum absolute atomic E-state index is 0.0603. The first-order valence-corrected chi connectivity index (χ1v) is 7.32. The van der Waals surface area contributed by atoms with Crippen molar-refractivity contribution in [3.63, 3.8) is 0 Å². The van der Waals surface area contributed by atoms with Gasteiger partial charge in [-0.2, -0.15) is 13.2 Å². The SMILES string of the molecule is NC(c1cc(Cl)ccc1Cl)c1ccc(Br)cc1C(F)(F)F. The number of hydrogen-bond acceptors (Lipinski definition) is 1. The van der Waals surface area contributed by atoms with Crippen LogP contribution in [0.1, 0.15) is 22.7 Å². The van der Waals surface area contributed by atoms with E-state index >= 15 is 0 Å². The van der Waals surface area contributed by atoms with Crippen LogP contribution in [0.3, 0.4) is 0 Å². The second-order valence-corrected chi connectivity index (χ2v) is 6.13. The minimum Gasteiger partial charge on any atom is -0.320 e. The molecule has 0 heterocycles. The Balaban J connectivity index is 2.58. The maximum absolute atomic E-state index is 13.1. The molecule has 21 heavy (non-hydrogen) atoms. The molecule has 0 fully saturated rings. The molecule has 0 amide bonds. The summed E-state index contributed by atoms with van der Waals surface area (Å²) in [5.74, 6) is 0. The monoisotopic (exact) mass is 397 g/mol. The molecule has 0 aromatic heterocycles. The number of nitrogens with two attached hydrogens (primary N) is 1. The maximum atomic E-state index is 13.1. The van der Waals surface area contributed by atoms with Crippen LogP contribution in [0.5, 0.6) is 0 Å². The summed E-state index contributed by atoms with van der Waals surface area (Å²) >= 11 is 14.9. The second-order valence-electron chi connectivity index (χ2n) is 4.37. The largest absolute Gasteiger partial charge is 0.416 e. The second kappa shape index (κ2) is 6.16. The normalized spacial score (nSPS) is 13.3. The lowest BCUT2D eigenvalue weighted by molar-refractivity contribution is -0.138. The molecule has 1 nitrogen and oxygen atoms in total. The summed E-state index contributed by atoms with van der Waals surface area (Å²) < 4.78 is 39.8. The van der Waals surface area contributed by atoms with Crippen LogP contribution < -0.4 is 5.73 Å². The summed E-state index contributed by atoms with van der Waals surface area (Å²) in [5.41, 5.74) is 5.45. The molecular weight excluding hydrogens is 390 g/mol. The van der Waals surface area contributed by atoms with Crippen molar-refractivity contribution in [1.29, 1.82) is 0 Å². The zero-order chi connectivity index (χ0) is 15.8. The van der Waals surface area contributed by atoms with Crippen LogP contribution >= 0.6 is 39.1 Å². The first kappa shape index (κ1) is 16.6. The van der Waals surface area contributed by atoms with Crippen LogP contribution in [-0.2, 0) is 6.18 Å². The maximum Gasteiger partial charge on any atom is 0.416 e. The molecule has 0 saturated carbocycles. The van der Waals surface area contributed by atoms with E-state index in [4.69, 9.17) is 28.9 Å². The van der Waals surface area contributed by atoms with Crippen molar-refractivity contribution < 1.29 is 13.2 Å². The fourth-order valence-electron chi connectivity index (χ4n) is 1.97. The Labute approximate surface area is 138 Å². The molecule has 0 aliphatic heterocycles. The highest BCUT2D eigenvalue weighted by Crippen LogP contribution is 2.39. The topological polar surface area (TPSA) is 26.0 Å². The molecular formula is C14H9BrCl2F3N. The van der Waals surface area contributed by atoms with Gasteiger partial charge in [0.2, 0.25) is 0 Å². The van der Waals surface area contributed by atoms with Crippen molar-refractivity contribution >= 4 is 39.1 Å². The summed E-state index contributed by atoms with van der Waals surface area (Å²) in [7, 11) is 0. The number of hydrogen-bond donors (Lipinski definition) is 1. The van der Waals surface area contributed by atoms with Crippen LogP contribution in [0.4, 0.5) is 13.2 Å². The molecule has 0 bridgehead atoms. The lowest BCUT2D eigenvalue weighted by Crippen LogP contribution is -2.19. The average Bonchev–Trinajstić information content (AvgIpc) is 2.40. The molecule has 1 atom stereocenters. The molecule has 2 aromatic rings. The fourth-order valence-corrected chi connectivity index (χ4v) is 2.74. The van der Waals surface area contributed by atoms with Gasteiger partial charge in [0.1, 0.15) is 0 Å². The Morgan fingerprint density at radius 1 is 1.00 bits per heavy atom. The third-order valence-corrected chi connectivity index (χ3v) is 4.02. The predicted molar refractivity (Wildman–Crippen MR) is 81.6 cm³/mol. The predicted octanol–water partition coefficient (Wildman–Crippen LogP) is 5.82. The summed E-state index contributed by atoms with van der Waals surface area (Å²) in [6.07, 6.45) is -4.51. The van der Waals surface area contributed by atoms with Gasteiger partial charge in [0.15, 0.2) is 0 Å². The summed E-state index contributed by atoms with van der Waals surface area (Å²) in [4.78, 5) is 0. The van der Waals surface area contributed by atoms with E-state index in [1.807, 2.05) is 0 Å². The van der Waals surface area contributed by atoms with Crippen LogP contribution in [-0.4, -0.2) is 0 Å². The smallest absolute Gasteiger partial charge is 0.320 e. The van der Waals surface area contributed by atoms with E-state index in [9.17, 15) is 13.2 Å². The van der Waals surface area contributed by atoms with Crippen LogP contribution in [0.2, 0.25) is 10.0 Å². The van der Waals surface area contributed by atoms with Gasteiger partial charge in [-0.1, -0.05) is 45.2 Å². The third-order valence-electron chi connectivity index (χ3n) is 2.95. The first-order chi connectivity index (χ1) is 9.70. The molecule has 0 saturated heterocycles. The molecule has 0 aliphatic rings. The third kappa shape index (κ3) is 3.72. The molecule has 0 radical (unpaired) electrons. The molecule has 1 unspecified atom stereocenters. The van der Waals surface area contributed by atoms with E-state index in [2.05, 4.69) is 15.9 Å². The van der Waals surface area contributed by atoms with Gasteiger partial charge >= 0.3 is 6.18 Å². The first-order valence-electron chi connectivity index (χ1n) is 5.77. The Hall–Kier alpha value is -0.750. The van der Waals surface area contributed by atoms with E-state index in [0.717, 1.165) is 6.07 Å². The Morgan fingerprint density at radius 2 is 1.67 bits per heavy atom. The minimum atomic E-state index is -4.51.